The third kappa shape index (κ3) is 5.44. The van der Waals surface area contributed by atoms with Gasteiger partial charge in [0.1, 0.15) is 11.6 Å². The van der Waals surface area contributed by atoms with Crippen LogP contribution in [0, 0.1) is 32.1 Å². The first-order valence-electron chi connectivity index (χ1n) is 8.37. The number of aryl methyl sites for hydroxylation is 3. The number of nitrogens with one attached hydrogen (secondary N) is 2. The van der Waals surface area contributed by atoms with Crippen LogP contribution in [0.1, 0.15) is 22.3 Å². The van der Waals surface area contributed by atoms with Gasteiger partial charge in [0.25, 0.3) is 5.91 Å². The first-order valence-corrected chi connectivity index (χ1v) is 8.37. The molecule has 0 fully saturated rings. The highest BCUT2D eigenvalue weighted by molar-refractivity contribution is 6.07. The van der Waals surface area contributed by atoms with Gasteiger partial charge in [0.15, 0.2) is 0 Å². The molecule has 0 spiro atoms. The maximum atomic E-state index is 12.4. The molecular formula is C21H21N3O3. The monoisotopic (exact) mass is 363 g/mol. The van der Waals surface area contributed by atoms with Crippen LogP contribution in [0.4, 0.5) is 11.4 Å². The minimum Gasteiger partial charge on any atom is -0.481 e. The van der Waals surface area contributed by atoms with Crippen LogP contribution in [0.15, 0.2) is 48.2 Å². The lowest BCUT2D eigenvalue weighted by atomic mass is 10.0. The SMILES string of the molecule is Cc1cc(C)c(NC(=O)/C(C#N)=C\Nc2ccc(CC(=O)O)cc2)c(C)c1. The molecule has 0 heterocycles. The Bertz CT molecular complexity index is 915. The van der Waals surface area contributed by atoms with Gasteiger partial charge in [-0.05, 0) is 49.6 Å². The zero-order valence-electron chi connectivity index (χ0n) is 15.5. The number of nitrogens with zero attached hydrogens (tertiary/aromatic N) is 1. The molecule has 0 unspecified atom stereocenters. The Morgan fingerprint density at radius 2 is 1.70 bits per heavy atom. The number of carbonyl (C=O) groups excluding carboxylic acids is 1. The number of rotatable bonds is 6. The second-order valence-corrected chi connectivity index (χ2v) is 6.31. The van der Waals surface area contributed by atoms with Crippen LogP contribution < -0.4 is 10.6 Å². The Balaban J connectivity index is 2.11. The van der Waals surface area contributed by atoms with Gasteiger partial charge in [-0.25, -0.2) is 0 Å². The predicted molar refractivity (Wildman–Crippen MR) is 104 cm³/mol. The Morgan fingerprint density at radius 3 is 2.22 bits per heavy atom. The summed E-state index contributed by atoms with van der Waals surface area (Å²) in [5.41, 5.74) is 4.91. The number of hydrogen-bond donors (Lipinski definition) is 3. The lowest BCUT2D eigenvalue weighted by Gasteiger charge is -2.12. The average Bonchev–Trinajstić information content (AvgIpc) is 2.59. The van der Waals surface area contributed by atoms with Crippen LogP contribution in [0.3, 0.4) is 0 Å². The average molecular weight is 363 g/mol. The molecule has 1 amide bonds. The Hall–Kier alpha value is -3.59. The summed E-state index contributed by atoms with van der Waals surface area (Å²) >= 11 is 0. The minimum absolute atomic E-state index is 0.0583. The highest BCUT2D eigenvalue weighted by atomic mass is 16.4. The van der Waals surface area contributed by atoms with E-state index in [9.17, 15) is 14.9 Å². The summed E-state index contributed by atoms with van der Waals surface area (Å²) in [6.45, 7) is 5.79. The fraction of sp³-hybridized carbons (Fsp3) is 0.190. The van der Waals surface area contributed by atoms with Gasteiger partial charge in [0, 0.05) is 17.6 Å². The predicted octanol–water partition coefficient (Wildman–Crippen LogP) is 3.70. The Labute approximate surface area is 158 Å². The summed E-state index contributed by atoms with van der Waals surface area (Å²) in [5, 5.41) is 23.7. The van der Waals surface area contributed by atoms with Crippen LogP contribution in [-0.2, 0) is 16.0 Å². The molecule has 0 saturated heterocycles. The number of carboxylic acids is 1. The first kappa shape index (κ1) is 19.7. The Morgan fingerprint density at radius 1 is 1.11 bits per heavy atom. The molecular weight excluding hydrogens is 342 g/mol. The number of nitriles is 1. The van der Waals surface area contributed by atoms with Crippen LogP contribution in [-0.4, -0.2) is 17.0 Å². The van der Waals surface area contributed by atoms with Crippen molar-refractivity contribution in [3.63, 3.8) is 0 Å². The summed E-state index contributed by atoms with van der Waals surface area (Å²) in [5.74, 6) is -1.40. The topological polar surface area (TPSA) is 102 Å². The molecule has 0 saturated carbocycles. The first-order chi connectivity index (χ1) is 12.8. The zero-order valence-corrected chi connectivity index (χ0v) is 15.5. The van der Waals surface area contributed by atoms with Crippen molar-refractivity contribution in [2.24, 2.45) is 0 Å². The quantitative estimate of drug-likeness (QED) is 0.536. The van der Waals surface area contributed by atoms with E-state index in [1.165, 1.54) is 6.20 Å². The summed E-state index contributed by atoms with van der Waals surface area (Å²) < 4.78 is 0. The van der Waals surface area contributed by atoms with E-state index in [-0.39, 0.29) is 12.0 Å². The van der Waals surface area contributed by atoms with Gasteiger partial charge in [-0.15, -0.1) is 0 Å². The molecule has 0 aliphatic heterocycles. The molecule has 27 heavy (non-hydrogen) atoms. The molecule has 0 bridgehead atoms. The number of benzene rings is 2. The fourth-order valence-electron chi connectivity index (χ4n) is 2.76. The van der Waals surface area contributed by atoms with Crippen molar-refractivity contribution in [1.82, 2.24) is 0 Å². The lowest BCUT2D eigenvalue weighted by molar-refractivity contribution is -0.136. The molecule has 0 aliphatic rings. The van der Waals surface area contributed by atoms with Crippen molar-refractivity contribution >= 4 is 23.3 Å². The van der Waals surface area contributed by atoms with Crippen molar-refractivity contribution in [3.05, 3.63) is 70.4 Å². The number of aliphatic carboxylic acids is 1. The highest BCUT2D eigenvalue weighted by Crippen LogP contribution is 2.22. The maximum absolute atomic E-state index is 12.4. The molecule has 2 aromatic carbocycles. The Kier molecular flexibility index (Phi) is 6.34. The standard InChI is InChI=1S/C21H21N3O3/c1-13-8-14(2)20(15(3)9-13)24-21(27)17(11-22)12-23-18-6-4-16(5-7-18)10-19(25)26/h4-9,12,23H,10H2,1-3H3,(H,24,27)(H,25,26)/b17-12-. The smallest absolute Gasteiger partial charge is 0.307 e. The normalized spacial score (nSPS) is 10.8. The van der Waals surface area contributed by atoms with E-state index in [0.717, 1.165) is 16.7 Å². The largest absolute Gasteiger partial charge is 0.481 e. The van der Waals surface area contributed by atoms with Crippen LogP contribution in [0.2, 0.25) is 0 Å². The van der Waals surface area contributed by atoms with Crippen LogP contribution in [0.5, 0.6) is 0 Å². The second-order valence-electron chi connectivity index (χ2n) is 6.31. The molecule has 0 aromatic heterocycles. The van der Waals surface area contributed by atoms with Gasteiger partial charge in [0.2, 0.25) is 0 Å². The molecule has 138 valence electrons. The van der Waals surface area contributed by atoms with Crippen molar-refractivity contribution in [2.45, 2.75) is 27.2 Å². The molecule has 0 atom stereocenters. The summed E-state index contributed by atoms with van der Waals surface area (Å²) in [4.78, 5) is 23.1. The van der Waals surface area contributed by atoms with E-state index in [0.29, 0.717) is 16.9 Å². The molecule has 2 rings (SSSR count). The van der Waals surface area contributed by atoms with Gasteiger partial charge in [-0.3, -0.25) is 9.59 Å². The third-order valence-corrected chi connectivity index (χ3v) is 3.97. The van der Waals surface area contributed by atoms with E-state index in [1.807, 2.05) is 39.0 Å². The van der Waals surface area contributed by atoms with E-state index in [2.05, 4.69) is 10.6 Å². The second kappa shape index (κ2) is 8.68. The fourth-order valence-corrected chi connectivity index (χ4v) is 2.76. The molecule has 3 N–H and O–H groups in total. The van der Waals surface area contributed by atoms with Crippen LogP contribution in [0.25, 0.3) is 0 Å². The number of hydrogen-bond acceptors (Lipinski definition) is 4. The molecule has 0 radical (unpaired) electrons. The molecule has 2 aromatic rings. The summed E-state index contributed by atoms with van der Waals surface area (Å²) in [6.07, 6.45) is 1.28. The van der Waals surface area contributed by atoms with Crippen molar-refractivity contribution < 1.29 is 14.7 Å². The lowest BCUT2D eigenvalue weighted by Crippen LogP contribution is -2.16. The summed E-state index contributed by atoms with van der Waals surface area (Å²) in [7, 11) is 0. The molecule has 0 aliphatic carbocycles. The highest BCUT2D eigenvalue weighted by Gasteiger charge is 2.12. The summed E-state index contributed by atoms with van der Waals surface area (Å²) in [6, 6.07) is 12.6. The number of anilines is 2. The van der Waals surface area contributed by atoms with Gasteiger partial charge >= 0.3 is 5.97 Å². The van der Waals surface area contributed by atoms with Gasteiger partial charge in [-0.2, -0.15) is 5.26 Å². The van der Waals surface area contributed by atoms with E-state index < -0.39 is 11.9 Å². The van der Waals surface area contributed by atoms with Gasteiger partial charge in [0.05, 0.1) is 6.42 Å². The number of carbonyl (C=O) groups is 2. The molecule has 6 heteroatoms. The molecule has 6 nitrogen and oxygen atoms in total. The van der Waals surface area contributed by atoms with Crippen molar-refractivity contribution in [1.29, 1.82) is 5.26 Å². The maximum Gasteiger partial charge on any atom is 0.307 e. The third-order valence-electron chi connectivity index (χ3n) is 3.97. The van der Waals surface area contributed by atoms with E-state index >= 15 is 0 Å². The van der Waals surface area contributed by atoms with Crippen molar-refractivity contribution in [2.75, 3.05) is 10.6 Å². The number of amides is 1. The van der Waals surface area contributed by atoms with E-state index in [1.54, 1.807) is 24.3 Å². The van der Waals surface area contributed by atoms with E-state index in [4.69, 9.17) is 5.11 Å². The zero-order chi connectivity index (χ0) is 20.0. The minimum atomic E-state index is -0.902. The van der Waals surface area contributed by atoms with Gasteiger partial charge < -0.3 is 15.7 Å². The number of carboxylic acid groups (broad SMARTS) is 1. The van der Waals surface area contributed by atoms with Gasteiger partial charge in [-0.1, -0.05) is 29.8 Å². The van der Waals surface area contributed by atoms with Crippen molar-refractivity contribution in [3.8, 4) is 6.07 Å². The van der Waals surface area contributed by atoms with Crippen LogP contribution >= 0.6 is 0 Å².